The minimum Gasteiger partial charge on any atom is -0.487 e. The summed E-state index contributed by atoms with van der Waals surface area (Å²) in [5, 5.41) is 4.19. The van der Waals surface area contributed by atoms with Crippen LogP contribution in [0.3, 0.4) is 0 Å². The number of aromatic nitrogens is 2. The molecule has 1 fully saturated rings. The normalized spacial score (nSPS) is 15.9. The summed E-state index contributed by atoms with van der Waals surface area (Å²) in [6, 6.07) is 9.39. The Kier molecular flexibility index (Phi) is 3.08. The van der Waals surface area contributed by atoms with Gasteiger partial charge in [0.15, 0.2) is 5.75 Å². The molecule has 1 aliphatic carbocycles. The van der Waals surface area contributed by atoms with Crippen LogP contribution in [0.1, 0.15) is 25.3 Å². The molecule has 0 bridgehead atoms. The van der Waals surface area contributed by atoms with E-state index in [1.54, 1.807) is 6.20 Å². The Morgan fingerprint density at radius 2 is 2.00 bits per heavy atom. The van der Waals surface area contributed by atoms with E-state index in [1.807, 2.05) is 37.3 Å². The van der Waals surface area contributed by atoms with Crippen LogP contribution in [-0.2, 0) is 0 Å². The smallest absolute Gasteiger partial charge is 0.314 e. The van der Waals surface area contributed by atoms with Crippen LogP contribution in [0, 0.1) is 12.3 Å². The fraction of sp³-hybridized carbons (Fsp3) is 0.375. The summed E-state index contributed by atoms with van der Waals surface area (Å²) in [6.45, 7) is 4.63. The number of rotatable bonds is 4. The quantitative estimate of drug-likeness (QED) is 0.858. The molecule has 1 aliphatic rings. The highest BCUT2D eigenvalue weighted by Gasteiger charge is 2.38. The highest BCUT2D eigenvalue weighted by atomic mass is 16.5. The molecule has 0 spiro atoms. The molecule has 0 unspecified atom stereocenters. The van der Waals surface area contributed by atoms with Crippen LogP contribution in [0.2, 0.25) is 0 Å². The monoisotopic (exact) mass is 270 g/mol. The number of hydrogen-bond donors (Lipinski definition) is 0. The minimum atomic E-state index is -0.194. The second-order valence-corrected chi connectivity index (χ2v) is 5.81. The van der Waals surface area contributed by atoms with Gasteiger partial charge in [-0.05, 0) is 31.9 Å². The van der Waals surface area contributed by atoms with Gasteiger partial charge in [-0.2, -0.15) is 9.78 Å². The molecule has 4 nitrogen and oxygen atoms in total. The van der Waals surface area contributed by atoms with Crippen molar-refractivity contribution in [1.29, 1.82) is 0 Å². The van der Waals surface area contributed by atoms with E-state index in [0.717, 1.165) is 11.3 Å². The molecule has 0 N–H and O–H groups in total. The third-order valence-corrected chi connectivity index (χ3v) is 3.78. The lowest BCUT2D eigenvalue weighted by Crippen LogP contribution is -2.25. The number of para-hydroxylation sites is 1. The lowest BCUT2D eigenvalue weighted by atomic mass is 10.2. The van der Waals surface area contributed by atoms with E-state index in [0.29, 0.717) is 12.4 Å². The van der Waals surface area contributed by atoms with Gasteiger partial charge in [0.05, 0.1) is 18.5 Å². The van der Waals surface area contributed by atoms with Gasteiger partial charge in [0.25, 0.3) is 0 Å². The van der Waals surface area contributed by atoms with Crippen LogP contribution in [0.25, 0.3) is 5.69 Å². The topological polar surface area (TPSA) is 44.1 Å². The highest BCUT2D eigenvalue weighted by molar-refractivity contribution is 5.34. The van der Waals surface area contributed by atoms with Crippen molar-refractivity contribution >= 4 is 0 Å². The Labute approximate surface area is 118 Å². The number of hydrogen-bond acceptors (Lipinski definition) is 3. The average Bonchev–Trinajstić information content (AvgIpc) is 3.18. The molecular formula is C16H18N2O2. The third kappa shape index (κ3) is 2.46. The van der Waals surface area contributed by atoms with E-state index in [2.05, 4.69) is 12.0 Å². The molecule has 0 saturated heterocycles. The van der Waals surface area contributed by atoms with Gasteiger partial charge in [-0.1, -0.05) is 25.1 Å². The molecule has 1 saturated carbocycles. The SMILES string of the molecule is Cc1cnn(-c2ccccc2)c(=O)c1OCC1(C)CC1. The second kappa shape index (κ2) is 4.78. The van der Waals surface area contributed by atoms with Crippen LogP contribution in [0.15, 0.2) is 41.3 Å². The first-order valence-electron chi connectivity index (χ1n) is 6.86. The summed E-state index contributed by atoms with van der Waals surface area (Å²) in [5.74, 6) is 0.414. The first kappa shape index (κ1) is 12.9. The lowest BCUT2D eigenvalue weighted by molar-refractivity contribution is 0.241. The van der Waals surface area contributed by atoms with E-state index in [1.165, 1.54) is 17.5 Å². The van der Waals surface area contributed by atoms with Crippen molar-refractivity contribution in [3.05, 3.63) is 52.4 Å². The maximum atomic E-state index is 12.5. The standard InChI is InChI=1S/C16H18N2O2/c1-12-10-17-18(13-6-4-3-5-7-13)15(19)14(12)20-11-16(2)8-9-16/h3-7,10H,8-9,11H2,1-2H3. The van der Waals surface area contributed by atoms with Crippen molar-refractivity contribution in [2.45, 2.75) is 26.7 Å². The number of aryl methyl sites for hydroxylation is 1. The number of nitrogens with zero attached hydrogens (tertiary/aromatic N) is 2. The lowest BCUT2D eigenvalue weighted by Gasteiger charge is -2.13. The molecule has 3 rings (SSSR count). The molecule has 0 radical (unpaired) electrons. The number of ether oxygens (including phenoxy) is 1. The zero-order valence-corrected chi connectivity index (χ0v) is 11.8. The Bertz CT molecular complexity index is 673. The molecule has 0 amide bonds. The molecule has 20 heavy (non-hydrogen) atoms. The van der Waals surface area contributed by atoms with Crippen LogP contribution >= 0.6 is 0 Å². The van der Waals surface area contributed by atoms with Crippen molar-refractivity contribution < 1.29 is 4.74 Å². The molecule has 104 valence electrons. The van der Waals surface area contributed by atoms with Crippen LogP contribution in [0.4, 0.5) is 0 Å². The van der Waals surface area contributed by atoms with Crippen molar-refractivity contribution in [2.24, 2.45) is 5.41 Å². The summed E-state index contributed by atoms with van der Waals surface area (Å²) in [7, 11) is 0. The van der Waals surface area contributed by atoms with Crippen LogP contribution in [0.5, 0.6) is 5.75 Å². The van der Waals surface area contributed by atoms with Gasteiger partial charge in [-0.25, -0.2) is 0 Å². The Morgan fingerprint density at radius 3 is 2.65 bits per heavy atom. The zero-order valence-electron chi connectivity index (χ0n) is 11.8. The molecule has 4 heteroatoms. The minimum absolute atomic E-state index is 0.194. The molecule has 0 atom stereocenters. The van der Waals surface area contributed by atoms with Gasteiger partial charge in [0.2, 0.25) is 0 Å². The van der Waals surface area contributed by atoms with E-state index in [9.17, 15) is 4.79 Å². The average molecular weight is 270 g/mol. The summed E-state index contributed by atoms with van der Waals surface area (Å²) in [5.41, 5.74) is 1.59. The van der Waals surface area contributed by atoms with E-state index < -0.39 is 0 Å². The fourth-order valence-electron chi connectivity index (χ4n) is 2.05. The van der Waals surface area contributed by atoms with Crippen LogP contribution < -0.4 is 10.3 Å². The first-order chi connectivity index (χ1) is 9.59. The van der Waals surface area contributed by atoms with Gasteiger partial charge in [-0.3, -0.25) is 4.79 Å². The maximum absolute atomic E-state index is 12.5. The molecular weight excluding hydrogens is 252 g/mol. The Hall–Kier alpha value is -2.10. The van der Waals surface area contributed by atoms with Crippen molar-refractivity contribution in [3.63, 3.8) is 0 Å². The maximum Gasteiger partial charge on any atom is 0.314 e. The summed E-state index contributed by atoms with van der Waals surface area (Å²) >= 11 is 0. The van der Waals surface area contributed by atoms with Gasteiger partial charge in [0, 0.05) is 11.0 Å². The largest absolute Gasteiger partial charge is 0.487 e. The van der Waals surface area contributed by atoms with Gasteiger partial charge >= 0.3 is 5.56 Å². The zero-order chi connectivity index (χ0) is 14.2. The predicted molar refractivity (Wildman–Crippen MR) is 77.4 cm³/mol. The van der Waals surface area contributed by atoms with E-state index in [4.69, 9.17) is 4.74 Å². The third-order valence-electron chi connectivity index (χ3n) is 3.78. The van der Waals surface area contributed by atoms with Crippen molar-refractivity contribution in [1.82, 2.24) is 9.78 Å². The van der Waals surface area contributed by atoms with Crippen molar-refractivity contribution in [3.8, 4) is 11.4 Å². The first-order valence-corrected chi connectivity index (χ1v) is 6.86. The van der Waals surface area contributed by atoms with E-state index >= 15 is 0 Å². The molecule has 1 aromatic heterocycles. The predicted octanol–water partition coefficient (Wildman–Crippen LogP) is 2.72. The second-order valence-electron chi connectivity index (χ2n) is 5.81. The Morgan fingerprint density at radius 1 is 1.30 bits per heavy atom. The van der Waals surface area contributed by atoms with E-state index in [-0.39, 0.29) is 11.0 Å². The van der Waals surface area contributed by atoms with Crippen LogP contribution in [-0.4, -0.2) is 16.4 Å². The van der Waals surface area contributed by atoms with Gasteiger partial charge < -0.3 is 4.74 Å². The van der Waals surface area contributed by atoms with Crippen molar-refractivity contribution in [2.75, 3.05) is 6.61 Å². The molecule has 1 heterocycles. The molecule has 1 aromatic carbocycles. The highest BCUT2D eigenvalue weighted by Crippen LogP contribution is 2.44. The van der Waals surface area contributed by atoms with Gasteiger partial charge in [-0.15, -0.1) is 0 Å². The van der Waals surface area contributed by atoms with Gasteiger partial charge in [0.1, 0.15) is 0 Å². The number of benzene rings is 1. The summed E-state index contributed by atoms with van der Waals surface area (Å²) in [4.78, 5) is 12.5. The summed E-state index contributed by atoms with van der Waals surface area (Å²) in [6.07, 6.45) is 4.02. The summed E-state index contributed by atoms with van der Waals surface area (Å²) < 4.78 is 7.17. The molecule has 0 aliphatic heterocycles. The fourth-order valence-corrected chi connectivity index (χ4v) is 2.05. The Balaban J connectivity index is 1.95. The molecule has 2 aromatic rings.